The Hall–Kier alpha value is -2.32. The van der Waals surface area contributed by atoms with Crippen molar-refractivity contribution in [3.8, 4) is 11.5 Å². The summed E-state index contributed by atoms with van der Waals surface area (Å²) in [5.74, 6) is 0.285. The fourth-order valence-corrected chi connectivity index (χ4v) is 1.58. The van der Waals surface area contributed by atoms with E-state index in [1.54, 1.807) is 13.0 Å². The van der Waals surface area contributed by atoms with Gasteiger partial charge < -0.3 is 15.4 Å². The average molecular weight is 264 g/mol. The van der Waals surface area contributed by atoms with Gasteiger partial charge >= 0.3 is 0 Å². The van der Waals surface area contributed by atoms with E-state index in [-0.39, 0.29) is 24.0 Å². The maximum Gasteiger partial charge on any atom is 0.270 e. The highest BCUT2D eigenvalue weighted by molar-refractivity contribution is 5.59. The lowest BCUT2D eigenvalue weighted by Crippen LogP contribution is -2.15. The lowest BCUT2D eigenvalue weighted by Gasteiger charge is -1.99. The van der Waals surface area contributed by atoms with Crippen LogP contribution in [0.5, 0.6) is 0 Å². The summed E-state index contributed by atoms with van der Waals surface area (Å²) in [6.07, 6.45) is 0. The number of aromatic nitrogens is 2. The van der Waals surface area contributed by atoms with Crippen molar-refractivity contribution in [3.63, 3.8) is 0 Å². The molecule has 19 heavy (non-hydrogen) atoms. The van der Waals surface area contributed by atoms with E-state index in [1.807, 2.05) is 0 Å². The van der Waals surface area contributed by atoms with Gasteiger partial charge in [0.1, 0.15) is 0 Å². The second-order valence-corrected chi connectivity index (χ2v) is 4.06. The first kappa shape index (κ1) is 13.1. The molecular weight excluding hydrogens is 252 g/mol. The molecule has 8 heteroatoms. The number of non-ortho nitro benzene ring substituents is 1. The number of benzene rings is 1. The van der Waals surface area contributed by atoms with Crippen LogP contribution in [0.15, 0.2) is 22.7 Å². The molecule has 0 aliphatic heterocycles. The summed E-state index contributed by atoms with van der Waals surface area (Å²) in [5, 5.41) is 23.3. The number of nitrogens with two attached hydrogens (primary N) is 1. The van der Waals surface area contributed by atoms with Crippen LogP contribution in [0.1, 0.15) is 17.4 Å². The zero-order valence-corrected chi connectivity index (χ0v) is 10.1. The number of nitro benzene ring substituents is 1. The van der Waals surface area contributed by atoms with Crippen molar-refractivity contribution in [2.45, 2.75) is 13.0 Å². The minimum Gasteiger partial charge on any atom is -0.394 e. The van der Waals surface area contributed by atoms with Crippen molar-refractivity contribution in [1.29, 1.82) is 0 Å². The minimum absolute atomic E-state index is 0.0544. The first-order valence-electron chi connectivity index (χ1n) is 5.47. The Bertz CT molecular complexity index is 610. The Morgan fingerprint density at radius 3 is 2.89 bits per heavy atom. The summed E-state index contributed by atoms with van der Waals surface area (Å²) >= 11 is 0. The molecule has 0 saturated carbocycles. The van der Waals surface area contributed by atoms with Crippen LogP contribution in [0.3, 0.4) is 0 Å². The third kappa shape index (κ3) is 2.75. The molecule has 8 nitrogen and oxygen atoms in total. The highest BCUT2D eigenvalue weighted by Gasteiger charge is 2.17. The molecule has 0 aliphatic rings. The second-order valence-electron chi connectivity index (χ2n) is 4.06. The Labute approximate surface area is 108 Å². The van der Waals surface area contributed by atoms with Gasteiger partial charge in [0, 0.05) is 17.7 Å². The number of nitrogens with zero attached hydrogens (tertiary/aromatic N) is 3. The van der Waals surface area contributed by atoms with E-state index in [1.165, 1.54) is 12.1 Å². The molecule has 0 spiro atoms. The number of aliphatic hydroxyl groups is 1. The fourth-order valence-electron chi connectivity index (χ4n) is 1.58. The van der Waals surface area contributed by atoms with Crippen LogP contribution >= 0.6 is 0 Å². The van der Waals surface area contributed by atoms with Gasteiger partial charge in [0.2, 0.25) is 0 Å². The molecule has 0 bridgehead atoms. The van der Waals surface area contributed by atoms with Crippen LogP contribution in [0.25, 0.3) is 11.5 Å². The van der Waals surface area contributed by atoms with Gasteiger partial charge in [-0.25, -0.2) is 0 Å². The Morgan fingerprint density at radius 1 is 1.53 bits per heavy atom. The summed E-state index contributed by atoms with van der Waals surface area (Å²) in [6.45, 7) is 1.42. The first-order valence-corrected chi connectivity index (χ1v) is 5.47. The molecule has 1 heterocycles. The molecule has 1 aromatic carbocycles. The maximum absolute atomic E-state index is 10.8. The quantitative estimate of drug-likeness (QED) is 0.621. The van der Waals surface area contributed by atoms with E-state index in [0.29, 0.717) is 11.1 Å². The Kier molecular flexibility index (Phi) is 3.54. The van der Waals surface area contributed by atoms with Crippen LogP contribution in [0.4, 0.5) is 5.69 Å². The molecule has 0 saturated heterocycles. The molecule has 1 aromatic heterocycles. The van der Waals surface area contributed by atoms with Crippen LogP contribution in [-0.4, -0.2) is 26.8 Å². The predicted molar refractivity (Wildman–Crippen MR) is 65.1 cm³/mol. The zero-order valence-electron chi connectivity index (χ0n) is 10.1. The minimum atomic E-state index is -0.739. The smallest absolute Gasteiger partial charge is 0.270 e. The molecule has 1 atom stereocenters. The van der Waals surface area contributed by atoms with Crippen LogP contribution in [-0.2, 0) is 0 Å². The number of aliphatic hydroxyl groups excluding tert-OH is 1. The van der Waals surface area contributed by atoms with Crippen molar-refractivity contribution >= 4 is 5.69 Å². The zero-order chi connectivity index (χ0) is 14.0. The summed E-state index contributed by atoms with van der Waals surface area (Å²) in [5.41, 5.74) is 6.64. The maximum atomic E-state index is 10.8. The Morgan fingerprint density at radius 2 is 2.26 bits per heavy atom. The first-order chi connectivity index (χ1) is 9.01. The topological polar surface area (TPSA) is 128 Å². The van der Waals surface area contributed by atoms with Gasteiger partial charge in [-0.3, -0.25) is 10.1 Å². The van der Waals surface area contributed by atoms with Crippen LogP contribution in [0, 0.1) is 17.0 Å². The summed E-state index contributed by atoms with van der Waals surface area (Å²) < 4.78 is 4.99. The van der Waals surface area contributed by atoms with E-state index in [9.17, 15) is 10.1 Å². The third-order valence-corrected chi connectivity index (χ3v) is 2.49. The molecule has 0 aliphatic carbocycles. The summed E-state index contributed by atoms with van der Waals surface area (Å²) in [4.78, 5) is 14.3. The van der Waals surface area contributed by atoms with Crippen LogP contribution < -0.4 is 5.73 Å². The van der Waals surface area contributed by atoms with E-state index in [2.05, 4.69) is 10.1 Å². The fraction of sp³-hybridized carbons (Fsp3) is 0.273. The predicted octanol–water partition coefficient (Wildman–Crippen LogP) is 0.945. The van der Waals surface area contributed by atoms with Gasteiger partial charge in [0.05, 0.1) is 17.6 Å². The van der Waals surface area contributed by atoms with Crippen molar-refractivity contribution in [2.75, 3.05) is 6.61 Å². The van der Waals surface area contributed by atoms with Crippen LogP contribution in [0.2, 0.25) is 0 Å². The molecule has 1 unspecified atom stereocenters. The monoisotopic (exact) mass is 264 g/mol. The third-order valence-electron chi connectivity index (χ3n) is 2.49. The number of rotatable bonds is 4. The molecule has 0 fully saturated rings. The molecule has 2 rings (SSSR count). The van der Waals surface area contributed by atoms with Crippen molar-refractivity contribution in [3.05, 3.63) is 39.7 Å². The van der Waals surface area contributed by atoms with E-state index in [4.69, 9.17) is 15.4 Å². The molecule has 3 N–H and O–H groups in total. The molecule has 0 radical (unpaired) electrons. The molecule has 2 aromatic rings. The number of hydrogen-bond donors (Lipinski definition) is 2. The van der Waals surface area contributed by atoms with Gasteiger partial charge in [0.25, 0.3) is 11.6 Å². The summed E-state index contributed by atoms with van der Waals surface area (Å²) in [6, 6.07) is 3.74. The van der Waals surface area contributed by atoms with Gasteiger partial charge in [-0.2, -0.15) is 4.98 Å². The molecule has 100 valence electrons. The van der Waals surface area contributed by atoms with Gasteiger partial charge in [0.15, 0.2) is 5.82 Å². The normalized spacial score (nSPS) is 12.4. The van der Waals surface area contributed by atoms with E-state index >= 15 is 0 Å². The largest absolute Gasteiger partial charge is 0.394 e. The standard InChI is InChI=1S/C11H12N4O4/c1-6-2-7(4-8(3-6)15(17)18)11-13-10(14-19-11)9(12)5-16/h2-4,9,16H,5,12H2,1H3. The lowest BCUT2D eigenvalue weighted by atomic mass is 10.1. The number of aryl methyl sites for hydroxylation is 1. The van der Waals surface area contributed by atoms with E-state index in [0.717, 1.165) is 0 Å². The molecule has 0 amide bonds. The SMILES string of the molecule is Cc1cc(-c2nc(C(N)CO)no2)cc([N+](=O)[O-])c1. The molecular formula is C11H12N4O4. The van der Waals surface area contributed by atoms with Gasteiger partial charge in [-0.15, -0.1) is 0 Å². The highest BCUT2D eigenvalue weighted by atomic mass is 16.6. The average Bonchev–Trinajstić information content (AvgIpc) is 2.86. The lowest BCUT2D eigenvalue weighted by molar-refractivity contribution is -0.384. The van der Waals surface area contributed by atoms with Crippen molar-refractivity contribution in [1.82, 2.24) is 10.1 Å². The van der Waals surface area contributed by atoms with Crippen molar-refractivity contribution in [2.24, 2.45) is 5.73 Å². The highest BCUT2D eigenvalue weighted by Crippen LogP contribution is 2.25. The number of hydrogen-bond acceptors (Lipinski definition) is 7. The van der Waals surface area contributed by atoms with Gasteiger partial charge in [-0.05, 0) is 18.6 Å². The van der Waals surface area contributed by atoms with Crippen molar-refractivity contribution < 1.29 is 14.6 Å². The van der Waals surface area contributed by atoms with E-state index < -0.39 is 11.0 Å². The number of nitro groups is 1. The Balaban J connectivity index is 2.41. The second kappa shape index (κ2) is 5.12. The van der Waals surface area contributed by atoms with Gasteiger partial charge in [-0.1, -0.05) is 5.16 Å². The summed E-state index contributed by atoms with van der Waals surface area (Å²) in [7, 11) is 0.